The third-order valence-electron chi connectivity index (χ3n) is 6.62. The van der Waals surface area contributed by atoms with Gasteiger partial charge < -0.3 is 34.1 Å². The summed E-state index contributed by atoms with van der Waals surface area (Å²) in [5.74, 6) is -0.532. The Kier molecular flexibility index (Phi) is 10.5. The number of nitrogens with zero attached hydrogens (tertiary/aromatic N) is 3. The third-order valence-corrected chi connectivity index (χ3v) is 6.62. The van der Waals surface area contributed by atoms with Crippen LogP contribution in [0, 0.1) is 0 Å². The topological polar surface area (TPSA) is 127 Å². The van der Waals surface area contributed by atoms with E-state index in [2.05, 4.69) is 5.32 Å². The van der Waals surface area contributed by atoms with Gasteiger partial charge in [-0.25, -0.2) is 19.2 Å². The normalized spacial score (nSPS) is 21.3. The van der Waals surface area contributed by atoms with Crippen LogP contribution in [0.1, 0.15) is 53.5 Å². The van der Waals surface area contributed by atoms with E-state index in [4.69, 9.17) is 18.9 Å². The molecule has 2 saturated heterocycles. The molecule has 2 aliphatic rings. The van der Waals surface area contributed by atoms with Crippen LogP contribution in [0.4, 0.5) is 14.4 Å². The molecule has 0 aliphatic carbocycles. The maximum absolute atomic E-state index is 13.0. The van der Waals surface area contributed by atoms with Gasteiger partial charge in [-0.2, -0.15) is 0 Å². The zero-order valence-electron chi connectivity index (χ0n) is 25.2. The van der Waals surface area contributed by atoms with E-state index in [0.29, 0.717) is 19.5 Å². The summed E-state index contributed by atoms with van der Waals surface area (Å²) >= 11 is 0. The van der Waals surface area contributed by atoms with Gasteiger partial charge in [0, 0.05) is 38.8 Å². The molecule has 2 heterocycles. The molecule has 3 rings (SSSR count). The van der Waals surface area contributed by atoms with Crippen LogP contribution in [0.5, 0.6) is 0 Å². The van der Waals surface area contributed by atoms with E-state index in [0.717, 1.165) is 5.56 Å². The molecular weight excluding hydrogens is 532 g/mol. The molecule has 12 nitrogen and oxygen atoms in total. The lowest BCUT2D eigenvalue weighted by atomic mass is 10.1. The first-order chi connectivity index (χ1) is 19.2. The first-order valence-corrected chi connectivity index (χ1v) is 13.9. The minimum Gasteiger partial charge on any atom is -0.467 e. The van der Waals surface area contributed by atoms with Crippen LogP contribution in [0.15, 0.2) is 30.3 Å². The fourth-order valence-corrected chi connectivity index (χ4v) is 4.73. The summed E-state index contributed by atoms with van der Waals surface area (Å²) in [7, 11) is 1.28. The summed E-state index contributed by atoms with van der Waals surface area (Å²) in [4.78, 5) is 55.9. The summed E-state index contributed by atoms with van der Waals surface area (Å²) < 4.78 is 21.6. The van der Waals surface area contributed by atoms with E-state index in [9.17, 15) is 19.2 Å². The predicted molar refractivity (Wildman–Crippen MR) is 150 cm³/mol. The second-order valence-corrected chi connectivity index (χ2v) is 12.3. The van der Waals surface area contributed by atoms with E-state index in [1.54, 1.807) is 51.3 Å². The van der Waals surface area contributed by atoms with Crippen LogP contribution in [0.2, 0.25) is 0 Å². The highest BCUT2D eigenvalue weighted by Gasteiger charge is 2.42. The van der Waals surface area contributed by atoms with Crippen LogP contribution < -0.4 is 5.32 Å². The fourth-order valence-electron chi connectivity index (χ4n) is 4.73. The highest BCUT2D eigenvalue weighted by Crippen LogP contribution is 2.23. The van der Waals surface area contributed by atoms with E-state index in [1.807, 2.05) is 30.3 Å². The average molecular weight is 577 g/mol. The summed E-state index contributed by atoms with van der Waals surface area (Å²) in [5, 5.41) is 3.39. The van der Waals surface area contributed by atoms with Gasteiger partial charge in [0.15, 0.2) is 0 Å². The third kappa shape index (κ3) is 9.51. The van der Waals surface area contributed by atoms with Crippen molar-refractivity contribution in [1.82, 2.24) is 20.0 Å². The van der Waals surface area contributed by atoms with E-state index in [1.165, 1.54) is 12.0 Å². The number of carbonyl (C=O) groups excluding carboxylic acids is 4. The van der Waals surface area contributed by atoms with Crippen molar-refractivity contribution in [2.75, 3.05) is 39.8 Å². The standard InChI is InChI=1S/C29H44N4O8/c1-28(2,3)40-25(35)31-13-14-32(27(37)41-29(4,5)6)22(18-31)16-30-21-15-23(24(34)38-7)33(17-21)26(36)39-19-20-11-9-8-10-12-20/h8-12,21-23,30H,13-19H2,1-7H3/t21-,22+,23-/m1/s1. The van der Waals surface area contributed by atoms with Gasteiger partial charge in [0.05, 0.1) is 13.2 Å². The molecule has 228 valence electrons. The predicted octanol–water partition coefficient (Wildman–Crippen LogP) is 3.39. The van der Waals surface area contributed by atoms with Gasteiger partial charge in [0.2, 0.25) is 0 Å². The van der Waals surface area contributed by atoms with Gasteiger partial charge >= 0.3 is 24.2 Å². The van der Waals surface area contributed by atoms with Crippen LogP contribution >= 0.6 is 0 Å². The fraction of sp³-hybridized carbons (Fsp3) is 0.655. The molecule has 1 aromatic carbocycles. The molecule has 2 fully saturated rings. The number of methoxy groups -OCH3 is 1. The largest absolute Gasteiger partial charge is 0.467 e. The van der Waals surface area contributed by atoms with E-state index < -0.39 is 47.5 Å². The Hall–Kier alpha value is -3.54. The van der Waals surface area contributed by atoms with Gasteiger partial charge in [-0.05, 0) is 53.5 Å². The molecule has 0 saturated carbocycles. The van der Waals surface area contributed by atoms with Crippen LogP contribution in [-0.4, -0.2) is 108 Å². The number of hydrogen-bond donors (Lipinski definition) is 1. The number of piperazine rings is 1. The molecule has 3 amide bonds. The molecule has 2 aliphatic heterocycles. The maximum Gasteiger partial charge on any atom is 0.410 e. The second-order valence-electron chi connectivity index (χ2n) is 12.3. The lowest BCUT2D eigenvalue weighted by Crippen LogP contribution is -2.61. The van der Waals surface area contributed by atoms with Gasteiger partial charge in [-0.3, -0.25) is 4.90 Å². The monoisotopic (exact) mass is 576 g/mol. The Morgan fingerprint density at radius 3 is 2.10 bits per heavy atom. The molecule has 1 aromatic rings. The van der Waals surface area contributed by atoms with Crippen molar-refractivity contribution in [2.45, 2.75) is 83.9 Å². The summed E-state index contributed by atoms with van der Waals surface area (Å²) in [6.07, 6.45) is -1.23. The molecule has 0 unspecified atom stereocenters. The molecule has 3 atom stereocenters. The maximum atomic E-state index is 13.0. The minimum absolute atomic E-state index is 0.0790. The number of hydrogen-bond acceptors (Lipinski definition) is 9. The summed E-state index contributed by atoms with van der Waals surface area (Å²) in [6.45, 7) is 12.2. The second kappa shape index (κ2) is 13.4. The molecule has 12 heteroatoms. The van der Waals surface area contributed by atoms with Gasteiger partial charge in [-0.1, -0.05) is 30.3 Å². The molecule has 0 radical (unpaired) electrons. The van der Waals surface area contributed by atoms with Crippen molar-refractivity contribution in [3.05, 3.63) is 35.9 Å². The van der Waals surface area contributed by atoms with Crippen molar-refractivity contribution in [3.8, 4) is 0 Å². The molecule has 0 bridgehead atoms. The van der Waals surface area contributed by atoms with E-state index in [-0.39, 0.29) is 32.3 Å². The summed E-state index contributed by atoms with van der Waals surface area (Å²) in [6, 6.07) is 7.76. The number of rotatable bonds is 6. The highest BCUT2D eigenvalue weighted by atomic mass is 16.6. The highest BCUT2D eigenvalue weighted by molar-refractivity contribution is 5.82. The summed E-state index contributed by atoms with van der Waals surface area (Å²) in [5.41, 5.74) is -0.506. The number of carbonyl (C=O) groups is 4. The minimum atomic E-state index is -0.813. The van der Waals surface area contributed by atoms with Crippen molar-refractivity contribution in [2.24, 2.45) is 0 Å². The number of benzene rings is 1. The van der Waals surface area contributed by atoms with Crippen molar-refractivity contribution in [3.63, 3.8) is 0 Å². The molecule has 1 N–H and O–H groups in total. The SMILES string of the molecule is COC(=O)[C@H]1C[C@@H](NC[C@H]2CN(C(=O)OC(C)(C)C)CCN2C(=O)OC(C)(C)C)CN1C(=O)OCc1ccccc1. The molecular formula is C29H44N4O8. The van der Waals surface area contributed by atoms with Crippen molar-refractivity contribution < 1.29 is 38.1 Å². The smallest absolute Gasteiger partial charge is 0.410 e. The Labute approximate surface area is 242 Å². The Morgan fingerprint density at radius 1 is 0.854 bits per heavy atom. The quantitative estimate of drug-likeness (QED) is 0.400. The Bertz CT molecular complexity index is 1070. The lowest BCUT2D eigenvalue weighted by Gasteiger charge is -2.42. The zero-order valence-corrected chi connectivity index (χ0v) is 25.2. The van der Waals surface area contributed by atoms with Gasteiger partial charge in [0.25, 0.3) is 0 Å². The van der Waals surface area contributed by atoms with Gasteiger partial charge in [0.1, 0.15) is 23.9 Å². The van der Waals surface area contributed by atoms with Crippen LogP contribution in [0.3, 0.4) is 0 Å². The van der Waals surface area contributed by atoms with Crippen LogP contribution in [0.25, 0.3) is 0 Å². The number of nitrogens with one attached hydrogen (secondary N) is 1. The molecule has 0 aromatic heterocycles. The average Bonchev–Trinajstić information content (AvgIpc) is 3.33. The van der Waals surface area contributed by atoms with Crippen LogP contribution in [-0.2, 0) is 30.3 Å². The lowest BCUT2D eigenvalue weighted by molar-refractivity contribution is -0.145. The zero-order chi connectivity index (χ0) is 30.4. The number of ether oxygens (including phenoxy) is 4. The first-order valence-electron chi connectivity index (χ1n) is 13.9. The van der Waals surface area contributed by atoms with E-state index >= 15 is 0 Å². The molecule has 41 heavy (non-hydrogen) atoms. The number of esters is 1. The van der Waals surface area contributed by atoms with Crippen molar-refractivity contribution in [1.29, 1.82) is 0 Å². The Morgan fingerprint density at radius 2 is 1.49 bits per heavy atom. The first kappa shape index (κ1) is 32.0. The number of amides is 3. The number of likely N-dealkylation sites (tertiary alicyclic amines) is 1. The van der Waals surface area contributed by atoms with Crippen molar-refractivity contribution >= 4 is 24.2 Å². The van der Waals surface area contributed by atoms with Gasteiger partial charge in [-0.15, -0.1) is 0 Å². The molecule has 0 spiro atoms. The Balaban J connectivity index is 1.68.